The highest BCUT2D eigenvalue weighted by Crippen LogP contribution is 2.35. The summed E-state index contributed by atoms with van der Waals surface area (Å²) in [5, 5.41) is 3.46. The van der Waals surface area contributed by atoms with E-state index in [-0.39, 0.29) is 30.2 Å². The van der Waals surface area contributed by atoms with Crippen LogP contribution >= 0.6 is 24.0 Å². The molecule has 1 aliphatic heterocycles. The molecule has 1 N–H and O–H groups in total. The van der Waals surface area contributed by atoms with Crippen molar-refractivity contribution < 1.29 is 18.7 Å². The van der Waals surface area contributed by atoms with Gasteiger partial charge in [-0.3, -0.25) is 14.5 Å². The van der Waals surface area contributed by atoms with Crippen molar-refractivity contribution in [3.63, 3.8) is 0 Å². The van der Waals surface area contributed by atoms with Crippen molar-refractivity contribution >= 4 is 41.5 Å². The summed E-state index contributed by atoms with van der Waals surface area (Å²) >= 11 is 6.09. The molecule has 0 spiro atoms. The molecule has 4 rings (SSSR count). The lowest BCUT2D eigenvalue weighted by molar-refractivity contribution is -0.135. The van der Waals surface area contributed by atoms with E-state index in [4.69, 9.17) is 16.3 Å². The van der Waals surface area contributed by atoms with Gasteiger partial charge in [0, 0.05) is 31.4 Å². The van der Waals surface area contributed by atoms with Crippen LogP contribution in [0.5, 0.6) is 11.5 Å². The van der Waals surface area contributed by atoms with Gasteiger partial charge in [-0.05, 0) is 66.4 Å². The predicted molar refractivity (Wildman–Crippen MR) is 155 cm³/mol. The standard InChI is InChI=1S/C30H33ClFN3O3.ClH/c1-20(2)26-19-34(16-15-33-26)30(37)29(22-9-11-23(32)12-10-22)35(28(36)18-31)27-14-13-25(17-21(27)3)38-24-7-5-4-6-8-24;/h4-14,17,20,26,29,33H,15-16,18-19H2,1-3H3;1H/t26-,29+;/m1./s1. The van der Waals surface area contributed by atoms with Crippen LogP contribution < -0.4 is 15.0 Å². The van der Waals surface area contributed by atoms with Crippen LogP contribution in [0.2, 0.25) is 0 Å². The minimum absolute atomic E-state index is 0. The number of rotatable bonds is 8. The first-order valence-corrected chi connectivity index (χ1v) is 13.3. The smallest absolute Gasteiger partial charge is 0.250 e. The van der Waals surface area contributed by atoms with Crippen molar-refractivity contribution in [2.45, 2.75) is 32.9 Å². The summed E-state index contributed by atoms with van der Waals surface area (Å²) in [4.78, 5) is 30.8. The molecule has 1 saturated heterocycles. The number of amides is 2. The molecule has 3 aromatic rings. The quantitative estimate of drug-likeness (QED) is 0.330. The number of carbonyl (C=O) groups is 2. The first-order chi connectivity index (χ1) is 18.3. The molecule has 1 fully saturated rings. The van der Waals surface area contributed by atoms with Crippen LogP contribution in [0.25, 0.3) is 0 Å². The third-order valence-corrected chi connectivity index (χ3v) is 7.02. The largest absolute Gasteiger partial charge is 0.457 e. The summed E-state index contributed by atoms with van der Waals surface area (Å²) in [6.45, 7) is 7.74. The van der Waals surface area contributed by atoms with Crippen LogP contribution in [0.15, 0.2) is 72.8 Å². The van der Waals surface area contributed by atoms with E-state index >= 15 is 0 Å². The van der Waals surface area contributed by atoms with Crippen LogP contribution in [0.4, 0.5) is 10.1 Å². The van der Waals surface area contributed by atoms with Crippen LogP contribution in [0.1, 0.15) is 31.0 Å². The fourth-order valence-corrected chi connectivity index (χ4v) is 4.84. The Bertz CT molecular complexity index is 1260. The summed E-state index contributed by atoms with van der Waals surface area (Å²) in [7, 11) is 0. The number of hydrogen-bond donors (Lipinski definition) is 1. The number of aryl methyl sites for hydroxylation is 1. The van der Waals surface area contributed by atoms with Gasteiger partial charge < -0.3 is 15.0 Å². The molecule has 0 aromatic heterocycles. The average Bonchev–Trinajstić information content (AvgIpc) is 2.93. The molecule has 0 unspecified atom stereocenters. The Balaban J connectivity index is 0.00000420. The number of para-hydroxylation sites is 1. The SMILES string of the molecule is Cc1cc(Oc2ccccc2)ccc1N(C(=O)CCl)[C@H](C(=O)N1CCN[C@@H](C(C)C)C1)c1ccc(F)cc1.Cl. The minimum atomic E-state index is -1.01. The average molecular weight is 575 g/mol. The zero-order valence-corrected chi connectivity index (χ0v) is 23.8. The Morgan fingerprint density at radius 2 is 1.77 bits per heavy atom. The predicted octanol–water partition coefficient (Wildman–Crippen LogP) is 6.12. The number of benzene rings is 3. The van der Waals surface area contributed by atoms with E-state index in [1.807, 2.05) is 43.3 Å². The molecular formula is C30H34Cl2FN3O3. The van der Waals surface area contributed by atoms with Crippen molar-refractivity contribution in [3.05, 3.63) is 89.7 Å². The highest BCUT2D eigenvalue weighted by molar-refractivity contribution is 6.30. The van der Waals surface area contributed by atoms with E-state index in [9.17, 15) is 14.0 Å². The number of hydrogen-bond acceptors (Lipinski definition) is 4. The molecule has 9 heteroatoms. The van der Waals surface area contributed by atoms with Gasteiger partial charge in [-0.15, -0.1) is 24.0 Å². The second-order valence-corrected chi connectivity index (χ2v) is 10.1. The highest BCUT2D eigenvalue weighted by atomic mass is 35.5. The first-order valence-electron chi connectivity index (χ1n) is 12.8. The molecule has 0 radical (unpaired) electrons. The van der Waals surface area contributed by atoms with Crippen LogP contribution in [0, 0.1) is 18.7 Å². The van der Waals surface area contributed by atoms with Crippen LogP contribution in [0.3, 0.4) is 0 Å². The Morgan fingerprint density at radius 3 is 2.38 bits per heavy atom. The van der Waals surface area contributed by atoms with E-state index in [1.165, 1.54) is 17.0 Å². The summed E-state index contributed by atoms with van der Waals surface area (Å²) in [5.41, 5.74) is 1.78. The fourth-order valence-electron chi connectivity index (χ4n) is 4.71. The highest BCUT2D eigenvalue weighted by Gasteiger charge is 2.37. The molecule has 2 atom stereocenters. The number of nitrogens with one attached hydrogen (secondary N) is 1. The van der Waals surface area contributed by atoms with Crippen molar-refractivity contribution in [1.82, 2.24) is 10.2 Å². The second kappa shape index (κ2) is 13.8. The molecule has 6 nitrogen and oxygen atoms in total. The molecular weight excluding hydrogens is 540 g/mol. The van der Waals surface area contributed by atoms with Gasteiger partial charge in [-0.2, -0.15) is 0 Å². The molecule has 0 saturated carbocycles. The van der Waals surface area contributed by atoms with Gasteiger partial charge in [-0.25, -0.2) is 4.39 Å². The molecule has 3 aromatic carbocycles. The van der Waals surface area contributed by atoms with E-state index in [0.29, 0.717) is 48.3 Å². The lowest BCUT2D eigenvalue weighted by Gasteiger charge is -2.40. The fraction of sp³-hybridized carbons (Fsp3) is 0.333. The van der Waals surface area contributed by atoms with E-state index in [2.05, 4.69) is 19.2 Å². The Morgan fingerprint density at radius 1 is 1.08 bits per heavy atom. The number of nitrogens with zero attached hydrogens (tertiary/aromatic N) is 2. The summed E-state index contributed by atoms with van der Waals surface area (Å²) in [5.74, 6) is 0.220. The second-order valence-electron chi connectivity index (χ2n) is 9.80. The molecule has 0 aliphatic carbocycles. The third kappa shape index (κ3) is 7.29. The lowest BCUT2D eigenvalue weighted by Crippen LogP contribution is -2.57. The number of ether oxygens (including phenoxy) is 1. The number of halogens is 3. The summed E-state index contributed by atoms with van der Waals surface area (Å²) in [6.07, 6.45) is 0. The number of anilines is 1. The summed E-state index contributed by atoms with van der Waals surface area (Å²) in [6, 6.07) is 19.6. The van der Waals surface area contributed by atoms with Gasteiger partial charge in [0.15, 0.2) is 0 Å². The third-order valence-electron chi connectivity index (χ3n) is 6.79. The van der Waals surface area contributed by atoms with E-state index in [1.54, 1.807) is 29.2 Å². The maximum Gasteiger partial charge on any atom is 0.250 e. The summed E-state index contributed by atoms with van der Waals surface area (Å²) < 4.78 is 19.8. The topological polar surface area (TPSA) is 61.9 Å². The lowest BCUT2D eigenvalue weighted by atomic mass is 9.98. The van der Waals surface area contributed by atoms with Crippen LogP contribution in [-0.4, -0.2) is 48.3 Å². The Labute approximate surface area is 240 Å². The van der Waals surface area contributed by atoms with Gasteiger partial charge in [0.05, 0.1) is 0 Å². The number of alkyl halides is 1. The van der Waals surface area contributed by atoms with Gasteiger partial charge in [0.25, 0.3) is 5.91 Å². The number of piperazine rings is 1. The van der Waals surface area contributed by atoms with Gasteiger partial charge >= 0.3 is 0 Å². The molecule has 2 amide bonds. The number of carbonyl (C=O) groups excluding carboxylic acids is 2. The molecule has 1 heterocycles. The zero-order valence-electron chi connectivity index (χ0n) is 22.3. The molecule has 208 valence electrons. The monoisotopic (exact) mass is 573 g/mol. The first kappa shape index (κ1) is 30.4. The van der Waals surface area contributed by atoms with Crippen molar-refractivity contribution in [2.75, 3.05) is 30.4 Å². The maximum atomic E-state index is 14.1. The van der Waals surface area contributed by atoms with E-state index in [0.717, 1.165) is 5.56 Å². The van der Waals surface area contributed by atoms with Crippen molar-refractivity contribution in [3.8, 4) is 11.5 Å². The molecule has 0 bridgehead atoms. The molecule has 39 heavy (non-hydrogen) atoms. The molecule has 1 aliphatic rings. The van der Waals surface area contributed by atoms with E-state index < -0.39 is 17.8 Å². The minimum Gasteiger partial charge on any atom is -0.457 e. The van der Waals surface area contributed by atoms with Crippen LogP contribution in [-0.2, 0) is 9.59 Å². The maximum absolute atomic E-state index is 14.1. The van der Waals surface area contributed by atoms with Crippen molar-refractivity contribution in [2.24, 2.45) is 5.92 Å². The Kier molecular flexibility index (Phi) is 10.7. The van der Waals surface area contributed by atoms with Gasteiger partial charge in [0.1, 0.15) is 29.2 Å². The van der Waals surface area contributed by atoms with Gasteiger partial charge in [-0.1, -0.05) is 44.2 Å². The zero-order chi connectivity index (χ0) is 27.2. The van der Waals surface area contributed by atoms with Crippen molar-refractivity contribution in [1.29, 1.82) is 0 Å². The normalized spacial score (nSPS) is 15.8. The Hall–Kier alpha value is -3.13. The van der Waals surface area contributed by atoms with Gasteiger partial charge in [0.2, 0.25) is 5.91 Å².